The highest BCUT2D eigenvalue weighted by atomic mass is 19.1. The molecular formula is C20H22FN3O2. The lowest BCUT2D eigenvalue weighted by molar-refractivity contribution is 0.0954. The lowest BCUT2D eigenvalue weighted by Crippen LogP contribution is -2.25. The summed E-state index contributed by atoms with van der Waals surface area (Å²) in [4.78, 5) is 17.0. The third-order valence-electron chi connectivity index (χ3n) is 4.26. The minimum atomic E-state index is -0.422. The van der Waals surface area contributed by atoms with Gasteiger partial charge < -0.3 is 9.84 Å². The van der Waals surface area contributed by atoms with Crippen molar-refractivity contribution in [3.8, 4) is 11.3 Å². The van der Waals surface area contributed by atoms with Gasteiger partial charge in [0.2, 0.25) is 0 Å². The average Bonchev–Trinajstić information content (AvgIpc) is 3.04. The number of fused-ring (bicyclic) bond motifs is 1. The van der Waals surface area contributed by atoms with Crippen molar-refractivity contribution in [1.29, 1.82) is 0 Å². The van der Waals surface area contributed by atoms with E-state index in [-0.39, 0.29) is 17.2 Å². The van der Waals surface area contributed by atoms with Gasteiger partial charge in [0.1, 0.15) is 11.5 Å². The van der Waals surface area contributed by atoms with Gasteiger partial charge in [-0.05, 0) is 31.5 Å². The Kier molecular flexibility index (Phi) is 5.61. The molecule has 3 rings (SSSR count). The highest BCUT2D eigenvalue weighted by Gasteiger charge is 2.22. The monoisotopic (exact) mass is 355 g/mol. The standard InChI is InChI=1S/C20H22FN3O2/c1-3-4-5-8-11-22-19(25)15-12-13(2)23-20-17(15)18(24-26-20)14-9-6-7-10-16(14)21/h6-7,9-10,12H,3-5,8,11H2,1-2H3,(H,22,25). The number of aryl methyl sites for hydroxylation is 1. The van der Waals surface area contributed by atoms with Gasteiger partial charge in [0.15, 0.2) is 0 Å². The number of carbonyl (C=O) groups excluding carboxylic acids is 1. The van der Waals surface area contributed by atoms with Gasteiger partial charge >= 0.3 is 0 Å². The molecule has 1 amide bonds. The van der Waals surface area contributed by atoms with Crippen LogP contribution in [0.3, 0.4) is 0 Å². The molecule has 0 fully saturated rings. The number of aromatic nitrogens is 2. The number of halogens is 1. The summed E-state index contributed by atoms with van der Waals surface area (Å²) in [5, 5.41) is 7.34. The van der Waals surface area contributed by atoms with Crippen LogP contribution in [-0.2, 0) is 0 Å². The Morgan fingerprint density at radius 2 is 2.04 bits per heavy atom. The van der Waals surface area contributed by atoms with Crippen LogP contribution in [0.1, 0.15) is 48.7 Å². The molecule has 3 aromatic rings. The molecule has 1 N–H and O–H groups in total. The lowest BCUT2D eigenvalue weighted by atomic mass is 10.0. The zero-order valence-electron chi connectivity index (χ0n) is 15.0. The Morgan fingerprint density at radius 1 is 1.23 bits per heavy atom. The molecule has 0 saturated carbocycles. The minimum absolute atomic E-state index is 0.224. The van der Waals surface area contributed by atoms with E-state index in [2.05, 4.69) is 22.4 Å². The summed E-state index contributed by atoms with van der Waals surface area (Å²) in [5.41, 5.74) is 1.86. The maximum absolute atomic E-state index is 14.2. The molecule has 0 aliphatic rings. The van der Waals surface area contributed by atoms with Crippen LogP contribution in [0.25, 0.3) is 22.4 Å². The van der Waals surface area contributed by atoms with E-state index in [1.807, 2.05) is 0 Å². The Hall–Kier alpha value is -2.76. The number of amides is 1. The van der Waals surface area contributed by atoms with Crippen LogP contribution in [0, 0.1) is 12.7 Å². The molecule has 1 aromatic carbocycles. The molecule has 0 saturated heterocycles. The van der Waals surface area contributed by atoms with Crippen LogP contribution in [0.15, 0.2) is 34.9 Å². The van der Waals surface area contributed by atoms with E-state index in [1.54, 1.807) is 31.2 Å². The summed E-state index contributed by atoms with van der Waals surface area (Å²) in [6, 6.07) is 7.97. The molecule has 0 aliphatic heterocycles. The molecule has 0 bridgehead atoms. The largest absolute Gasteiger partial charge is 0.352 e. The third kappa shape index (κ3) is 3.74. The van der Waals surface area contributed by atoms with Gasteiger partial charge in [-0.1, -0.05) is 43.5 Å². The second-order valence-electron chi connectivity index (χ2n) is 6.32. The van der Waals surface area contributed by atoms with Crippen LogP contribution < -0.4 is 5.32 Å². The van der Waals surface area contributed by atoms with Gasteiger partial charge in [0, 0.05) is 17.8 Å². The minimum Gasteiger partial charge on any atom is -0.352 e. The van der Waals surface area contributed by atoms with Crippen LogP contribution in [0.5, 0.6) is 0 Å². The normalized spacial score (nSPS) is 11.0. The summed E-state index contributed by atoms with van der Waals surface area (Å²) in [6.45, 7) is 4.52. The molecular weight excluding hydrogens is 333 g/mol. The first-order valence-corrected chi connectivity index (χ1v) is 8.92. The van der Waals surface area contributed by atoms with Gasteiger partial charge in [-0.2, -0.15) is 0 Å². The van der Waals surface area contributed by atoms with Crippen molar-refractivity contribution in [1.82, 2.24) is 15.5 Å². The number of hydrogen-bond donors (Lipinski definition) is 1. The van der Waals surface area contributed by atoms with Crippen LogP contribution in [-0.4, -0.2) is 22.6 Å². The molecule has 26 heavy (non-hydrogen) atoms. The number of pyridine rings is 1. The Labute approximate surface area is 151 Å². The molecule has 136 valence electrons. The van der Waals surface area contributed by atoms with Crippen molar-refractivity contribution >= 4 is 17.0 Å². The fourth-order valence-corrected chi connectivity index (χ4v) is 2.94. The number of hydrogen-bond acceptors (Lipinski definition) is 4. The first-order chi connectivity index (χ1) is 12.6. The zero-order chi connectivity index (χ0) is 18.5. The second-order valence-corrected chi connectivity index (χ2v) is 6.32. The number of carbonyl (C=O) groups is 1. The maximum Gasteiger partial charge on any atom is 0.259 e. The van der Waals surface area contributed by atoms with Gasteiger partial charge in [-0.3, -0.25) is 4.79 Å². The molecule has 0 radical (unpaired) electrons. The second kappa shape index (κ2) is 8.08. The summed E-state index contributed by atoms with van der Waals surface area (Å²) < 4.78 is 19.5. The van der Waals surface area contributed by atoms with Gasteiger partial charge in [0.25, 0.3) is 11.6 Å². The number of nitrogens with zero attached hydrogens (tertiary/aromatic N) is 2. The first-order valence-electron chi connectivity index (χ1n) is 8.92. The lowest BCUT2D eigenvalue weighted by Gasteiger charge is -2.08. The van der Waals surface area contributed by atoms with Crippen molar-refractivity contribution in [2.24, 2.45) is 0 Å². The Balaban J connectivity index is 1.95. The third-order valence-corrected chi connectivity index (χ3v) is 4.26. The predicted molar refractivity (Wildman–Crippen MR) is 98.4 cm³/mol. The molecule has 0 aliphatic carbocycles. The molecule has 0 atom stereocenters. The van der Waals surface area contributed by atoms with Crippen LogP contribution >= 0.6 is 0 Å². The van der Waals surface area contributed by atoms with E-state index >= 15 is 0 Å². The average molecular weight is 355 g/mol. The van der Waals surface area contributed by atoms with E-state index < -0.39 is 5.82 Å². The van der Waals surface area contributed by atoms with Crippen molar-refractivity contribution in [3.63, 3.8) is 0 Å². The van der Waals surface area contributed by atoms with Gasteiger partial charge in [0.05, 0.1) is 10.9 Å². The highest BCUT2D eigenvalue weighted by Crippen LogP contribution is 2.31. The first kappa shape index (κ1) is 18.0. The van der Waals surface area contributed by atoms with Crippen molar-refractivity contribution < 1.29 is 13.7 Å². The van der Waals surface area contributed by atoms with Crippen LogP contribution in [0.2, 0.25) is 0 Å². The highest BCUT2D eigenvalue weighted by molar-refractivity contribution is 6.09. The summed E-state index contributed by atoms with van der Waals surface area (Å²) >= 11 is 0. The smallest absolute Gasteiger partial charge is 0.259 e. The predicted octanol–water partition coefficient (Wildman–Crippen LogP) is 4.65. The molecule has 0 unspecified atom stereocenters. The number of unbranched alkanes of at least 4 members (excludes halogenated alkanes) is 3. The Morgan fingerprint density at radius 3 is 2.81 bits per heavy atom. The fraction of sp³-hybridized carbons (Fsp3) is 0.350. The number of nitrogens with one attached hydrogen (secondary N) is 1. The Bertz CT molecular complexity index is 921. The van der Waals surface area contributed by atoms with Crippen LogP contribution in [0.4, 0.5) is 4.39 Å². The number of benzene rings is 1. The molecule has 0 spiro atoms. The molecule has 2 aromatic heterocycles. The van der Waals surface area contributed by atoms with Crippen molar-refractivity contribution in [3.05, 3.63) is 47.4 Å². The van der Waals surface area contributed by atoms with E-state index in [0.29, 0.717) is 28.9 Å². The molecule has 6 heteroatoms. The summed E-state index contributed by atoms with van der Waals surface area (Å²) in [7, 11) is 0. The van der Waals surface area contributed by atoms with E-state index in [9.17, 15) is 9.18 Å². The molecule has 5 nitrogen and oxygen atoms in total. The van der Waals surface area contributed by atoms with Gasteiger partial charge in [-0.25, -0.2) is 9.37 Å². The number of rotatable bonds is 7. The topological polar surface area (TPSA) is 68.0 Å². The van der Waals surface area contributed by atoms with Crippen molar-refractivity contribution in [2.45, 2.75) is 39.5 Å². The summed E-state index contributed by atoms with van der Waals surface area (Å²) in [5.74, 6) is -0.646. The zero-order valence-corrected chi connectivity index (χ0v) is 15.0. The summed E-state index contributed by atoms with van der Waals surface area (Å²) in [6.07, 6.45) is 4.30. The quantitative estimate of drug-likeness (QED) is 0.627. The maximum atomic E-state index is 14.2. The van der Waals surface area contributed by atoms with E-state index in [1.165, 1.54) is 6.07 Å². The van der Waals surface area contributed by atoms with Crippen molar-refractivity contribution in [2.75, 3.05) is 6.54 Å². The van der Waals surface area contributed by atoms with E-state index in [4.69, 9.17) is 4.52 Å². The van der Waals surface area contributed by atoms with Gasteiger partial charge in [-0.15, -0.1) is 0 Å². The SMILES string of the molecule is CCCCCCNC(=O)c1cc(C)nc2onc(-c3ccccc3F)c12. The molecule has 2 heterocycles. The van der Waals surface area contributed by atoms with E-state index in [0.717, 1.165) is 25.7 Å². The fourth-order valence-electron chi connectivity index (χ4n) is 2.94.